The topological polar surface area (TPSA) is 45.2 Å². The molecule has 1 aliphatic heterocycles. The molecule has 2 unspecified atom stereocenters. The van der Waals surface area contributed by atoms with Crippen molar-refractivity contribution in [3.8, 4) is 0 Å². The highest BCUT2D eigenvalue weighted by Crippen LogP contribution is 2.37. The van der Waals surface area contributed by atoms with E-state index < -0.39 is 0 Å². The molecule has 2 atom stereocenters. The molecule has 2 fully saturated rings. The van der Waals surface area contributed by atoms with E-state index in [1.165, 1.54) is 25.7 Å². The Hall–Kier alpha value is -1.58. The second-order valence-corrected chi connectivity index (χ2v) is 5.57. The number of rotatable bonds is 2. The van der Waals surface area contributed by atoms with Crippen molar-refractivity contribution >= 4 is 11.6 Å². The molecular weight excluding hydrogens is 238 g/mol. The first-order chi connectivity index (χ1) is 9.31. The summed E-state index contributed by atoms with van der Waals surface area (Å²) in [5.41, 5.74) is 1.58. The van der Waals surface area contributed by atoms with Gasteiger partial charge in [0.05, 0.1) is 5.56 Å². The molecule has 0 bridgehead atoms. The van der Waals surface area contributed by atoms with Crippen LogP contribution >= 0.6 is 0 Å². The second-order valence-electron chi connectivity index (χ2n) is 5.57. The number of fused-ring (bicyclic) bond motifs is 1. The van der Waals surface area contributed by atoms with Crippen molar-refractivity contribution in [3.05, 3.63) is 24.0 Å². The van der Waals surface area contributed by atoms with Gasteiger partial charge in [-0.3, -0.25) is 9.78 Å². The maximum absolute atomic E-state index is 12.8. The highest BCUT2D eigenvalue weighted by Gasteiger charge is 2.37. The molecular formula is C15H21N3O. The van der Waals surface area contributed by atoms with Gasteiger partial charge in [-0.05, 0) is 37.7 Å². The lowest BCUT2D eigenvalue weighted by Gasteiger charge is -2.38. The van der Waals surface area contributed by atoms with Gasteiger partial charge in [-0.2, -0.15) is 0 Å². The van der Waals surface area contributed by atoms with Crippen molar-refractivity contribution in [2.75, 3.05) is 18.9 Å². The van der Waals surface area contributed by atoms with Crippen LogP contribution in [0.1, 0.15) is 42.5 Å². The Morgan fingerprint density at radius 3 is 3.05 bits per heavy atom. The number of piperidine rings is 1. The van der Waals surface area contributed by atoms with E-state index in [4.69, 9.17) is 0 Å². The average Bonchev–Trinajstić information content (AvgIpc) is 2.94. The quantitative estimate of drug-likeness (QED) is 0.887. The molecule has 1 N–H and O–H groups in total. The molecule has 0 spiro atoms. The number of carbonyl (C=O) groups excluding carboxylic acids is 1. The Morgan fingerprint density at radius 2 is 2.21 bits per heavy atom. The summed E-state index contributed by atoms with van der Waals surface area (Å²) in [5, 5.41) is 3.09. The lowest BCUT2D eigenvalue weighted by molar-refractivity contribution is 0.0549. The van der Waals surface area contributed by atoms with Crippen LogP contribution in [0.4, 0.5) is 5.69 Å². The van der Waals surface area contributed by atoms with Gasteiger partial charge < -0.3 is 10.2 Å². The lowest BCUT2D eigenvalue weighted by atomic mass is 9.91. The maximum atomic E-state index is 12.8. The number of anilines is 1. The van der Waals surface area contributed by atoms with E-state index in [0.29, 0.717) is 11.6 Å². The number of hydrogen-bond donors (Lipinski definition) is 1. The summed E-state index contributed by atoms with van der Waals surface area (Å²) in [6, 6.07) is 2.33. The van der Waals surface area contributed by atoms with Crippen molar-refractivity contribution < 1.29 is 4.79 Å². The first-order valence-corrected chi connectivity index (χ1v) is 7.24. The molecule has 1 aromatic heterocycles. The van der Waals surface area contributed by atoms with Crippen LogP contribution in [0, 0.1) is 5.92 Å². The first-order valence-electron chi connectivity index (χ1n) is 7.24. The summed E-state index contributed by atoms with van der Waals surface area (Å²) in [6.07, 6.45) is 9.57. The highest BCUT2D eigenvalue weighted by molar-refractivity contribution is 5.99. The van der Waals surface area contributed by atoms with Crippen molar-refractivity contribution in [3.63, 3.8) is 0 Å². The molecule has 19 heavy (non-hydrogen) atoms. The van der Waals surface area contributed by atoms with E-state index in [-0.39, 0.29) is 5.91 Å². The van der Waals surface area contributed by atoms with Gasteiger partial charge in [0.15, 0.2) is 0 Å². The molecule has 102 valence electrons. The van der Waals surface area contributed by atoms with Crippen LogP contribution in [-0.2, 0) is 0 Å². The summed E-state index contributed by atoms with van der Waals surface area (Å²) in [4.78, 5) is 19.0. The molecule has 4 heteroatoms. The zero-order chi connectivity index (χ0) is 13.2. The smallest absolute Gasteiger partial charge is 0.257 e. The number of nitrogens with zero attached hydrogens (tertiary/aromatic N) is 2. The summed E-state index contributed by atoms with van der Waals surface area (Å²) in [5.74, 6) is 0.876. The Kier molecular flexibility index (Phi) is 3.40. The van der Waals surface area contributed by atoms with E-state index >= 15 is 0 Å². The minimum atomic E-state index is 0.147. The summed E-state index contributed by atoms with van der Waals surface area (Å²) >= 11 is 0. The predicted molar refractivity (Wildman–Crippen MR) is 75.2 cm³/mol. The summed E-state index contributed by atoms with van der Waals surface area (Å²) in [7, 11) is 1.85. The third-order valence-electron chi connectivity index (χ3n) is 4.57. The minimum Gasteiger partial charge on any atom is -0.387 e. The van der Waals surface area contributed by atoms with E-state index in [9.17, 15) is 4.79 Å². The predicted octanol–water partition coefficient (Wildman–Crippen LogP) is 2.53. The van der Waals surface area contributed by atoms with Gasteiger partial charge in [0.1, 0.15) is 0 Å². The summed E-state index contributed by atoms with van der Waals surface area (Å²) in [6.45, 7) is 0.901. The van der Waals surface area contributed by atoms with E-state index in [2.05, 4.69) is 15.2 Å². The van der Waals surface area contributed by atoms with Crippen molar-refractivity contribution in [2.45, 2.75) is 38.1 Å². The van der Waals surface area contributed by atoms with Gasteiger partial charge in [0.2, 0.25) is 0 Å². The van der Waals surface area contributed by atoms with Gasteiger partial charge in [-0.15, -0.1) is 0 Å². The van der Waals surface area contributed by atoms with Crippen molar-refractivity contribution in [1.82, 2.24) is 9.88 Å². The number of pyridine rings is 1. The standard InChI is InChI=1S/C15H21N3O/c1-16-13-7-8-17-10-12(13)15(19)18-9-3-5-11-4-2-6-14(11)18/h7-8,10-11,14H,2-6,9H2,1H3,(H,16,17). The number of amides is 1. The Balaban J connectivity index is 1.86. The zero-order valence-electron chi connectivity index (χ0n) is 11.4. The molecule has 3 rings (SSSR count). The van der Waals surface area contributed by atoms with Crippen LogP contribution in [-0.4, -0.2) is 35.4 Å². The van der Waals surface area contributed by atoms with E-state index in [1.54, 1.807) is 12.4 Å². The Bertz CT molecular complexity index is 474. The Labute approximate surface area is 114 Å². The molecule has 2 heterocycles. The van der Waals surface area contributed by atoms with Gasteiger partial charge in [0, 0.05) is 37.7 Å². The fourth-order valence-corrected chi connectivity index (χ4v) is 3.64. The fourth-order valence-electron chi connectivity index (χ4n) is 3.64. The molecule has 1 aromatic rings. The lowest BCUT2D eigenvalue weighted by Crippen LogP contribution is -2.46. The molecule has 0 aromatic carbocycles. The first kappa shape index (κ1) is 12.5. The Morgan fingerprint density at radius 1 is 1.37 bits per heavy atom. The number of aromatic nitrogens is 1. The fraction of sp³-hybridized carbons (Fsp3) is 0.600. The van der Waals surface area contributed by atoms with E-state index in [0.717, 1.165) is 24.6 Å². The van der Waals surface area contributed by atoms with Crippen LogP contribution in [0.2, 0.25) is 0 Å². The van der Waals surface area contributed by atoms with Crippen LogP contribution in [0.5, 0.6) is 0 Å². The largest absolute Gasteiger partial charge is 0.387 e. The van der Waals surface area contributed by atoms with Crippen LogP contribution < -0.4 is 5.32 Å². The second kappa shape index (κ2) is 5.19. The van der Waals surface area contributed by atoms with Crippen molar-refractivity contribution in [2.24, 2.45) is 5.92 Å². The molecule has 1 amide bonds. The van der Waals surface area contributed by atoms with Crippen LogP contribution in [0.25, 0.3) is 0 Å². The summed E-state index contributed by atoms with van der Waals surface area (Å²) < 4.78 is 0. The molecule has 2 aliphatic rings. The zero-order valence-corrected chi connectivity index (χ0v) is 11.4. The van der Waals surface area contributed by atoms with Crippen LogP contribution in [0.15, 0.2) is 18.5 Å². The third-order valence-corrected chi connectivity index (χ3v) is 4.57. The third kappa shape index (κ3) is 2.20. The van der Waals surface area contributed by atoms with E-state index in [1.807, 2.05) is 13.1 Å². The number of carbonyl (C=O) groups is 1. The molecule has 1 saturated carbocycles. The molecule has 1 aliphatic carbocycles. The number of nitrogens with one attached hydrogen (secondary N) is 1. The molecule has 4 nitrogen and oxygen atoms in total. The normalized spacial score (nSPS) is 26.1. The molecule has 0 radical (unpaired) electrons. The monoisotopic (exact) mass is 259 g/mol. The SMILES string of the molecule is CNc1ccncc1C(=O)N1CCCC2CCCC21. The van der Waals surface area contributed by atoms with Crippen LogP contribution in [0.3, 0.4) is 0 Å². The van der Waals surface area contributed by atoms with Gasteiger partial charge in [-0.1, -0.05) is 6.42 Å². The minimum absolute atomic E-state index is 0.147. The number of hydrogen-bond acceptors (Lipinski definition) is 3. The average molecular weight is 259 g/mol. The van der Waals surface area contributed by atoms with Crippen molar-refractivity contribution in [1.29, 1.82) is 0 Å². The maximum Gasteiger partial charge on any atom is 0.257 e. The number of likely N-dealkylation sites (tertiary alicyclic amines) is 1. The highest BCUT2D eigenvalue weighted by atomic mass is 16.2. The van der Waals surface area contributed by atoms with Gasteiger partial charge >= 0.3 is 0 Å². The van der Waals surface area contributed by atoms with Gasteiger partial charge in [0.25, 0.3) is 5.91 Å². The molecule has 1 saturated heterocycles. The van der Waals surface area contributed by atoms with Gasteiger partial charge in [-0.25, -0.2) is 0 Å².